The first-order chi connectivity index (χ1) is 12.0. The van der Waals surface area contributed by atoms with Crippen LogP contribution in [0.25, 0.3) is 0 Å². The second-order valence-electron chi connectivity index (χ2n) is 6.88. The smallest absolute Gasteiger partial charge is 0.241 e. The van der Waals surface area contributed by atoms with Gasteiger partial charge < -0.3 is 10.1 Å². The molecule has 0 radical (unpaired) electrons. The summed E-state index contributed by atoms with van der Waals surface area (Å²) < 4.78 is 5.79. The molecule has 132 valence electrons. The second kappa shape index (κ2) is 7.23. The third kappa shape index (κ3) is 3.66. The molecule has 25 heavy (non-hydrogen) atoms. The Morgan fingerprint density at radius 3 is 2.48 bits per heavy atom. The first-order valence-electron chi connectivity index (χ1n) is 8.60. The summed E-state index contributed by atoms with van der Waals surface area (Å²) in [6.45, 7) is 2.40. The van der Waals surface area contributed by atoms with Gasteiger partial charge in [-0.3, -0.25) is 14.7 Å². The molecule has 0 spiro atoms. The summed E-state index contributed by atoms with van der Waals surface area (Å²) in [4.78, 5) is 19.1. The number of hydrogen-bond acceptors (Lipinski definition) is 4. The lowest BCUT2D eigenvalue weighted by Crippen LogP contribution is -2.58. The lowest BCUT2D eigenvalue weighted by molar-refractivity contribution is -0.132. The van der Waals surface area contributed by atoms with Crippen molar-refractivity contribution in [3.8, 4) is 5.75 Å². The highest BCUT2D eigenvalue weighted by atomic mass is 16.5. The zero-order chi connectivity index (χ0) is 17.9. The number of aromatic nitrogens is 1. The molecule has 1 aromatic carbocycles. The first kappa shape index (κ1) is 17.4. The standard InChI is InChI=1S/C20H25N3O2/c1-15(25-18-9-6-10-21-14-18)13-22-19(24)20(23(2)3)11-16-7-4-5-8-17(16)12-20/h4-10,14-15H,11-13H2,1-3H3,(H,22,24)/t15-/m0/s1. The van der Waals surface area contributed by atoms with Crippen LogP contribution in [0, 0.1) is 0 Å². The molecule has 1 atom stereocenters. The predicted octanol–water partition coefficient (Wildman–Crippen LogP) is 2.06. The summed E-state index contributed by atoms with van der Waals surface area (Å²) >= 11 is 0. The summed E-state index contributed by atoms with van der Waals surface area (Å²) in [7, 11) is 3.95. The van der Waals surface area contributed by atoms with Crippen molar-refractivity contribution in [1.29, 1.82) is 0 Å². The van der Waals surface area contributed by atoms with Gasteiger partial charge in [0, 0.05) is 19.0 Å². The number of pyridine rings is 1. The monoisotopic (exact) mass is 339 g/mol. The molecule has 3 rings (SSSR count). The van der Waals surface area contributed by atoms with Crippen molar-refractivity contribution in [3.05, 3.63) is 59.9 Å². The number of benzene rings is 1. The Bertz CT molecular complexity index is 706. The Kier molecular flexibility index (Phi) is 5.04. The van der Waals surface area contributed by atoms with Crippen LogP contribution in [0.15, 0.2) is 48.8 Å². The quantitative estimate of drug-likeness (QED) is 0.875. The molecule has 1 aliphatic carbocycles. The number of carbonyl (C=O) groups excluding carboxylic acids is 1. The van der Waals surface area contributed by atoms with E-state index in [1.807, 2.05) is 50.2 Å². The van der Waals surface area contributed by atoms with E-state index in [0.29, 0.717) is 12.3 Å². The minimum absolute atomic E-state index is 0.0512. The van der Waals surface area contributed by atoms with Crippen LogP contribution < -0.4 is 10.1 Å². The number of likely N-dealkylation sites (N-methyl/N-ethyl adjacent to an activating group) is 1. The first-order valence-corrected chi connectivity index (χ1v) is 8.60. The maximum absolute atomic E-state index is 13.0. The average Bonchev–Trinajstić information content (AvgIpc) is 3.01. The highest BCUT2D eigenvalue weighted by Gasteiger charge is 2.45. The largest absolute Gasteiger partial charge is 0.487 e. The molecule has 0 saturated carbocycles. The average molecular weight is 339 g/mol. The summed E-state index contributed by atoms with van der Waals surface area (Å²) in [5.41, 5.74) is 1.98. The van der Waals surface area contributed by atoms with Crippen LogP contribution in [0.1, 0.15) is 18.1 Å². The molecule has 2 aromatic rings. The second-order valence-corrected chi connectivity index (χ2v) is 6.88. The Balaban J connectivity index is 1.63. The number of carbonyl (C=O) groups is 1. The third-order valence-electron chi connectivity index (χ3n) is 4.88. The van der Waals surface area contributed by atoms with Gasteiger partial charge in [0.05, 0.1) is 12.7 Å². The highest BCUT2D eigenvalue weighted by molar-refractivity contribution is 5.88. The summed E-state index contributed by atoms with van der Waals surface area (Å²) in [6, 6.07) is 12.0. The number of ether oxygens (including phenoxy) is 1. The van der Waals surface area contributed by atoms with E-state index < -0.39 is 5.54 Å². The maximum Gasteiger partial charge on any atom is 0.241 e. The van der Waals surface area contributed by atoms with E-state index in [9.17, 15) is 4.79 Å². The van der Waals surface area contributed by atoms with Crippen LogP contribution in [-0.2, 0) is 17.6 Å². The Labute approximate surface area is 149 Å². The lowest BCUT2D eigenvalue weighted by Gasteiger charge is -2.35. The van der Waals surface area contributed by atoms with Crippen molar-refractivity contribution in [2.75, 3.05) is 20.6 Å². The number of amides is 1. The van der Waals surface area contributed by atoms with Gasteiger partial charge in [-0.25, -0.2) is 0 Å². The van der Waals surface area contributed by atoms with E-state index in [1.54, 1.807) is 12.4 Å². The fourth-order valence-electron chi connectivity index (χ4n) is 3.37. The van der Waals surface area contributed by atoms with Gasteiger partial charge in [0.25, 0.3) is 0 Å². The molecule has 0 aliphatic heterocycles. The molecule has 0 fully saturated rings. The number of hydrogen-bond donors (Lipinski definition) is 1. The Morgan fingerprint density at radius 1 is 1.24 bits per heavy atom. The molecule has 0 bridgehead atoms. The van der Waals surface area contributed by atoms with Crippen molar-refractivity contribution < 1.29 is 9.53 Å². The van der Waals surface area contributed by atoms with Crippen LogP contribution in [0.4, 0.5) is 0 Å². The van der Waals surface area contributed by atoms with Gasteiger partial charge in [-0.15, -0.1) is 0 Å². The van der Waals surface area contributed by atoms with E-state index in [4.69, 9.17) is 4.74 Å². The van der Waals surface area contributed by atoms with Gasteiger partial charge in [-0.05, 0) is 44.3 Å². The van der Waals surface area contributed by atoms with Crippen molar-refractivity contribution in [2.45, 2.75) is 31.4 Å². The van der Waals surface area contributed by atoms with Gasteiger partial charge in [-0.2, -0.15) is 0 Å². The van der Waals surface area contributed by atoms with Crippen LogP contribution in [0.5, 0.6) is 5.75 Å². The molecular weight excluding hydrogens is 314 g/mol. The van der Waals surface area contributed by atoms with E-state index >= 15 is 0 Å². The van der Waals surface area contributed by atoms with Crippen molar-refractivity contribution >= 4 is 5.91 Å². The molecule has 0 unspecified atom stereocenters. The lowest BCUT2D eigenvalue weighted by atomic mass is 9.93. The number of rotatable bonds is 6. The predicted molar refractivity (Wildman–Crippen MR) is 97.6 cm³/mol. The molecule has 1 heterocycles. The minimum atomic E-state index is -0.530. The highest BCUT2D eigenvalue weighted by Crippen LogP contribution is 2.33. The number of nitrogens with zero attached hydrogens (tertiary/aromatic N) is 2. The molecular formula is C20H25N3O2. The van der Waals surface area contributed by atoms with Gasteiger partial charge in [0.1, 0.15) is 17.4 Å². The number of nitrogens with one attached hydrogen (secondary N) is 1. The summed E-state index contributed by atoms with van der Waals surface area (Å²) in [5.74, 6) is 0.759. The molecule has 1 N–H and O–H groups in total. The molecule has 0 saturated heterocycles. The SMILES string of the molecule is C[C@@H](CNC(=O)C1(N(C)C)Cc2ccccc2C1)Oc1cccnc1. The fraction of sp³-hybridized carbons (Fsp3) is 0.400. The zero-order valence-corrected chi connectivity index (χ0v) is 15.0. The van der Waals surface area contributed by atoms with Crippen LogP contribution in [0.3, 0.4) is 0 Å². The summed E-state index contributed by atoms with van der Waals surface area (Å²) in [5, 5.41) is 3.08. The Hall–Kier alpha value is -2.40. The zero-order valence-electron chi connectivity index (χ0n) is 15.0. The minimum Gasteiger partial charge on any atom is -0.487 e. The van der Waals surface area contributed by atoms with Crippen molar-refractivity contribution in [1.82, 2.24) is 15.2 Å². The molecule has 1 aromatic heterocycles. The molecule has 1 amide bonds. The third-order valence-corrected chi connectivity index (χ3v) is 4.88. The molecule has 5 heteroatoms. The van der Waals surface area contributed by atoms with Crippen LogP contribution in [0.2, 0.25) is 0 Å². The van der Waals surface area contributed by atoms with Gasteiger partial charge in [0.15, 0.2) is 0 Å². The van der Waals surface area contributed by atoms with E-state index in [1.165, 1.54) is 11.1 Å². The normalized spacial score (nSPS) is 16.3. The molecule has 1 aliphatic rings. The van der Waals surface area contributed by atoms with E-state index in [0.717, 1.165) is 12.8 Å². The van der Waals surface area contributed by atoms with Gasteiger partial charge in [-0.1, -0.05) is 24.3 Å². The van der Waals surface area contributed by atoms with Gasteiger partial charge >= 0.3 is 0 Å². The van der Waals surface area contributed by atoms with Crippen molar-refractivity contribution in [3.63, 3.8) is 0 Å². The van der Waals surface area contributed by atoms with Crippen LogP contribution >= 0.6 is 0 Å². The van der Waals surface area contributed by atoms with E-state index in [-0.39, 0.29) is 12.0 Å². The summed E-state index contributed by atoms with van der Waals surface area (Å²) in [6.07, 6.45) is 4.72. The molecule has 5 nitrogen and oxygen atoms in total. The topological polar surface area (TPSA) is 54.5 Å². The fourth-order valence-corrected chi connectivity index (χ4v) is 3.37. The number of fused-ring (bicyclic) bond motifs is 1. The Morgan fingerprint density at radius 2 is 1.92 bits per heavy atom. The van der Waals surface area contributed by atoms with Crippen molar-refractivity contribution in [2.24, 2.45) is 0 Å². The maximum atomic E-state index is 13.0. The van der Waals surface area contributed by atoms with E-state index in [2.05, 4.69) is 22.4 Å². The van der Waals surface area contributed by atoms with Gasteiger partial charge in [0.2, 0.25) is 5.91 Å². The van der Waals surface area contributed by atoms with Crippen LogP contribution in [-0.4, -0.2) is 48.1 Å².